The number of aromatic nitrogens is 2. The Morgan fingerprint density at radius 2 is 2.12 bits per heavy atom. The fraction of sp³-hybridized carbons (Fsp3) is 0. The number of H-pyrrole nitrogens is 1. The number of carbonyl (C=O) groups excluding carboxylic acids is 1. The second-order valence-corrected chi connectivity index (χ2v) is 3.10. The maximum Gasteiger partial charge on any atom is 0.278 e. The molecule has 0 radical (unpaired) electrons. The van der Waals surface area contributed by atoms with Crippen LogP contribution in [0.15, 0.2) is 30.3 Å². The van der Waals surface area contributed by atoms with Gasteiger partial charge in [-0.2, -0.15) is 5.10 Å². The Balaban J connectivity index is 2.54. The van der Waals surface area contributed by atoms with Gasteiger partial charge >= 0.3 is 0 Å². The minimum atomic E-state index is -0.482. The molecule has 0 atom stereocenters. The molecule has 0 saturated heterocycles. The van der Waals surface area contributed by atoms with Crippen LogP contribution >= 0.6 is 0 Å². The predicted molar refractivity (Wildman–Crippen MR) is 56.1 cm³/mol. The molecule has 6 nitrogen and oxygen atoms in total. The number of aldehydes is 1. The van der Waals surface area contributed by atoms with E-state index in [9.17, 15) is 14.9 Å². The van der Waals surface area contributed by atoms with E-state index in [2.05, 4.69) is 10.2 Å². The van der Waals surface area contributed by atoms with Crippen LogP contribution in [0.25, 0.3) is 11.3 Å². The van der Waals surface area contributed by atoms with E-state index >= 15 is 0 Å². The lowest BCUT2D eigenvalue weighted by molar-refractivity contribution is -0.384. The highest BCUT2D eigenvalue weighted by Gasteiger charge is 2.16. The molecule has 1 aromatic carbocycles. The quantitative estimate of drug-likeness (QED) is 0.482. The minimum absolute atomic E-state index is 0.0357. The molecule has 0 saturated carbocycles. The Kier molecular flexibility index (Phi) is 2.47. The lowest BCUT2D eigenvalue weighted by Crippen LogP contribution is -1.91. The van der Waals surface area contributed by atoms with Gasteiger partial charge in [-0.25, -0.2) is 0 Å². The molecular formula is C10H7N3O3. The smallest absolute Gasteiger partial charge is 0.278 e. The molecule has 1 N–H and O–H groups in total. The first-order chi connectivity index (χ1) is 7.72. The number of carbonyl (C=O) groups is 1. The first-order valence-corrected chi connectivity index (χ1v) is 4.47. The van der Waals surface area contributed by atoms with Crippen molar-refractivity contribution in [1.82, 2.24) is 10.2 Å². The molecule has 0 bridgehead atoms. The van der Waals surface area contributed by atoms with Crippen LogP contribution in [0.4, 0.5) is 5.69 Å². The van der Waals surface area contributed by atoms with Gasteiger partial charge in [-0.1, -0.05) is 12.1 Å². The lowest BCUT2D eigenvalue weighted by atomic mass is 10.1. The third-order valence-electron chi connectivity index (χ3n) is 2.10. The first-order valence-electron chi connectivity index (χ1n) is 4.47. The second-order valence-electron chi connectivity index (χ2n) is 3.10. The summed E-state index contributed by atoms with van der Waals surface area (Å²) >= 11 is 0. The van der Waals surface area contributed by atoms with E-state index in [0.717, 1.165) is 0 Å². The Hall–Kier alpha value is -2.50. The molecule has 0 unspecified atom stereocenters. The van der Waals surface area contributed by atoms with Crippen molar-refractivity contribution in [2.75, 3.05) is 0 Å². The third-order valence-corrected chi connectivity index (χ3v) is 2.10. The number of nitro benzene ring substituents is 1. The molecule has 0 aliphatic carbocycles. The number of aromatic amines is 1. The van der Waals surface area contributed by atoms with Gasteiger partial charge in [-0.15, -0.1) is 0 Å². The van der Waals surface area contributed by atoms with Crippen LogP contribution in [0.2, 0.25) is 0 Å². The molecule has 1 heterocycles. The van der Waals surface area contributed by atoms with Crippen molar-refractivity contribution < 1.29 is 9.72 Å². The molecule has 0 spiro atoms. The zero-order valence-electron chi connectivity index (χ0n) is 8.08. The largest absolute Gasteiger partial charge is 0.296 e. The summed E-state index contributed by atoms with van der Waals surface area (Å²) in [6.45, 7) is 0. The fourth-order valence-electron chi connectivity index (χ4n) is 1.38. The van der Waals surface area contributed by atoms with E-state index in [1.807, 2.05) is 0 Å². The van der Waals surface area contributed by atoms with Crippen molar-refractivity contribution in [3.8, 4) is 11.3 Å². The van der Waals surface area contributed by atoms with Crippen molar-refractivity contribution in [2.24, 2.45) is 0 Å². The Morgan fingerprint density at radius 3 is 2.75 bits per heavy atom. The van der Waals surface area contributed by atoms with E-state index in [1.165, 1.54) is 12.1 Å². The monoisotopic (exact) mass is 217 g/mol. The van der Waals surface area contributed by atoms with Gasteiger partial charge in [0.05, 0.1) is 21.9 Å². The summed E-state index contributed by atoms with van der Waals surface area (Å²) in [5.41, 5.74) is 1.02. The zero-order chi connectivity index (χ0) is 11.5. The molecular weight excluding hydrogens is 210 g/mol. The van der Waals surface area contributed by atoms with Gasteiger partial charge in [0.2, 0.25) is 0 Å². The summed E-state index contributed by atoms with van der Waals surface area (Å²) in [5.74, 6) is 0. The van der Waals surface area contributed by atoms with Gasteiger partial charge in [0.25, 0.3) is 5.69 Å². The van der Waals surface area contributed by atoms with E-state index < -0.39 is 4.92 Å². The normalized spacial score (nSPS) is 10.0. The van der Waals surface area contributed by atoms with Crippen LogP contribution in [0, 0.1) is 10.1 Å². The highest BCUT2D eigenvalue weighted by molar-refractivity contribution is 5.77. The van der Waals surface area contributed by atoms with Gasteiger partial charge in [-0.05, 0) is 12.1 Å². The second kappa shape index (κ2) is 3.93. The van der Waals surface area contributed by atoms with Gasteiger partial charge in [0.1, 0.15) is 0 Å². The Morgan fingerprint density at radius 1 is 1.38 bits per heavy atom. The number of para-hydroxylation sites is 1. The van der Waals surface area contributed by atoms with E-state index in [-0.39, 0.29) is 11.4 Å². The topological polar surface area (TPSA) is 88.9 Å². The molecule has 0 fully saturated rings. The number of benzene rings is 1. The lowest BCUT2D eigenvalue weighted by Gasteiger charge is -1.97. The van der Waals surface area contributed by atoms with Crippen LogP contribution in [0.1, 0.15) is 10.5 Å². The molecule has 16 heavy (non-hydrogen) atoms. The number of rotatable bonds is 3. The highest BCUT2D eigenvalue weighted by Crippen LogP contribution is 2.27. The number of hydrogen-bond donors (Lipinski definition) is 1. The summed E-state index contributed by atoms with van der Waals surface area (Å²) in [6.07, 6.45) is 0.602. The molecule has 6 heteroatoms. The molecule has 0 aliphatic rings. The highest BCUT2D eigenvalue weighted by atomic mass is 16.6. The standard InChI is InChI=1S/C10H7N3O3/c14-6-7-5-9(12-11-7)8-3-1-2-4-10(8)13(15)16/h1-6H,(H,11,12). The zero-order valence-corrected chi connectivity index (χ0v) is 8.08. The Bertz CT molecular complexity index is 548. The maximum absolute atomic E-state index is 10.8. The number of nitrogens with zero attached hydrogens (tertiary/aromatic N) is 2. The van der Waals surface area contributed by atoms with Crippen molar-refractivity contribution in [3.05, 3.63) is 46.1 Å². The van der Waals surface area contributed by atoms with Gasteiger partial charge in [-0.3, -0.25) is 20.0 Å². The Labute approximate surface area is 90.1 Å². The summed E-state index contributed by atoms with van der Waals surface area (Å²) < 4.78 is 0. The SMILES string of the molecule is O=Cc1cc(-c2ccccc2[N+](=O)[O-])n[nH]1. The van der Waals surface area contributed by atoms with Crippen molar-refractivity contribution in [1.29, 1.82) is 0 Å². The van der Waals surface area contributed by atoms with Gasteiger partial charge in [0, 0.05) is 6.07 Å². The van der Waals surface area contributed by atoms with Gasteiger partial charge < -0.3 is 0 Å². The van der Waals surface area contributed by atoms with Crippen molar-refractivity contribution >= 4 is 12.0 Å². The maximum atomic E-state index is 10.8. The number of nitro groups is 1. The van der Waals surface area contributed by atoms with Crippen molar-refractivity contribution in [2.45, 2.75) is 0 Å². The van der Waals surface area contributed by atoms with Crippen LogP contribution in [0.3, 0.4) is 0 Å². The average Bonchev–Trinajstić information content (AvgIpc) is 2.77. The predicted octanol–water partition coefficient (Wildman–Crippen LogP) is 1.80. The van der Waals surface area contributed by atoms with E-state index in [4.69, 9.17) is 0 Å². The third kappa shape index (κ3) is 1.68. The molecule has 2 rings (SSSR count). The molecule has 2 aromatic rings. The summed E-state index contributed by atoms with van der Waals surface area (Å²) in [5, 5.41) is 17.1. The summed E-state index contributed by atoms with van der Waals surface area (Å²) in [6, 6.07) is 7.70. The molecule has 1 aromatic heterocycles. The first kappa shape index (κ1) is 10.0. The molecule has 0 amide bonds. The summed E-state index contributed by atoms with van der Waals surface area (Å²) in [7, 11) is 0. The summed E-state index contributed by atoms with van der Waals surface area (Å²) in [4.78, 5) is 20.8. The number of hydrogen-bond acceptors (Lipinski definition) is 4. The minimum Gasteiger partial charge on any atom is -0.296 e. The number of nitrogens with one attached hydrogen (secondary N) is 1. The van der Waals surface area contributed by atoms with Crippen LogP contribution in [-0.2, 0) is 0 Å². The fourth-order valence-corrected chi connectivity index (χ4v) is 1.38. The average molecular weight is 217 g/mol. The van der Waals surface area contributed by atoms with E-state index in [1.54, 1.807) is 18.2 Å². The van der Waals surface area contributed by atoms with E-state index in [0.29, 0.717) is 17.5 Å². The van der Waals surface area contributed by atoms with Gasteiger partial charge in [0.15, 0.2) is 6.29 Å². The van der Waals surface area contributed by atoms with Crippen LogP contribution < -0.4 is 0 Å². The molecule has 80 valence electrons. The van der Waals surface area contributed by atoms with Crippen LogP contribution in [0.5, 0.6) is 0 Å². The van der Waals surface area contributed by atoms with Crippen molar-refractivity contribution in [3.63, 3.8) is 0 Å². The molecule has 0 aliphatic heterocycles. The van der Waals surface area contributed by atoms with Crippen LogP contribution in [-0.4, -0.2) is 21.4 Å².